The van der Waals surface area contributed by atoms with Crippen LogP contribution in [-0.4, -0.2) is 29.3 Å². The van der Waals surface area contributed by atoms with E-state index in [1.54, 1.807) is 19.2 Å². The van der Waals surface area contributed by atoms with Crippen molar-refractivity contribution in [2.24, 2.45) is 0 Å². The molecule has 0 aliphatic rings. The minimum atomic E-state index is -0.330. The molecular formula is C21H16FN3O3. The van der Waals surface area contributed by atoms with E-state index < -0.39 is 0 Å². The quantitative estimate of drug-likeness (QED) is 0.505. The number of aromatic nitrogens is 3. The van der Waals surface area contributed by atoms with E-state index in [0.717, 1.165) is 17.0 Å². The molecule has 0 spiro atoms. The number of methoxy groups -OCH3 is 2. The van der Waals surface area contributed by atoms with Gasteiger partial charge in [-0.25, -0.2) is 9.37 Å². The summed E-state index contributed by atoms with van der Waals surface area (Å²) in [5.41, 5.74) is 2.88. The van der Waals surface area contributed by atoms with Gasteiger partial charge >= 0.3 is 0 Å². The summed E-state index contributed by atoms with van der Waals surface area (Å²) in [6.07, 6.45) is 0. The highest BCUT2D eigenvalue weighted by molar-refractivity contribution is 5.69. The molecule has 0 atom stereocenters. The fraction of sp³-hybridized carbons (Fsp3) is 0.0952. The van der Waals surface area contributed by atoms with Crippen molar-refractivity contribution in [3.8, 4) is 45.7 Å². The van der Waals surface area contributed by atoms with Crippen molar-refractivity contribution in [2.45, 2.75) is 0 Å². The van der Waals surface area contributed by atoms with Gasteiger partial charge in [0.1, 0.15) is 11.6 Å². The summed E-state index contributed by atoms with van der Waals surface area (Å²) >= 11 is 0. The molecule has 2 heterocycles. The van der Waals surface area contributed by atoms with E-state index in [-0.39, 0.29) is 11.7 Å². The Labute approximate surface area is 160 Å². The van der Waals surface area contributed by atoms with Crippen molar-refractivity contribution in [3.05, 3.63) is 66.5 Å². The van der Waals surface area contributed by atoms with Crippen molar-refractivity contribution < 1.29 is 18.4 Å². The zero-order valence-corrected chi connectivity index (χ0v) is 15.2. The van der Waals surface area contributed by atoms with E-state index in [9.17, 15) is 4.39 Å². The van der Waals surface area contributed by atoms with Crippen molar-refractivity contribution in [2.75, 3.05) is 14.2 Å². The van der Waals surface area contributed by atoms with Crippen LogP contribution in [-0.2, 0) is 0 Å². The number of benzene rings is 2. The summed E-state index contributed by atoms with van der Waals surface area (Å²) in [6, 6.07) is 17.1. The largest absolute Gasteiger partial charge is 0.497 e. The molecule has 2 aromatic carbocycles. The molecule has 0 fully saturated rings. The highest BCUT2D eigenvalue weighted by Crippen LogP contribution is 2.31. The first-order chi connectivity index (χ1) is 13.7. The summed E-state index contributed by atoms with van der Waals surface area (Å²) < 4.78 is 29.0. The molecule has 28 heavy (non-hydrogen) atoms. The number of hydrogen-bond donors (Lipinski definition) is 0. The number of rotatable bonds is 5. The van der Waals surface area contributed by atoms with Crippen molar-refractivity contribution in [1.29, 1.82) is 0 Å². The van der Waals surface area contributed by atoms with Crippen molar-refractivity contribution in [1.82, 2.24) is 15.1 Å². The first-order valence-corrected chi connectivity index (χ1v) is 8.47. The zero-order chi connectivity index (χ0) is 19.5. The van der Waals surface area contributed by atoms with Gasteiger partial charge in [0.05, 0.1) is 25.5 Å². The molecule has 0 radical (unpaired) electrons. The molecule has 0 unspecified atom stereocenters. The van der Waals surface area contributed by atoms with Crippen LogP contribution in [0.1, 0.15) is 0 Å². The molecule has 7 heteroatoms. The summed E-state index contributed by atoms with van der Waals surface area (Å²) in [5, 5.41) is 4.00. The van der Waals surface area contributed by atoms with E-state index in [4.69, 9.17) is 14.0 Å². The smallest absolute Gasteiger partial charge is 0.258 e. The number of hydrogen-bond acceptors (Lipinski definition) is 6. The van der Waals surface area contributed by atoms with Crippen LogP contribution in [0.5, 0.6) is 11.6 Å². The topological polar surface area (TPSA) is 70.3 Å². The maximum atomic E-state index is 13.1. The van der Waals surface area contributed by atoms with Gasteiger partial charge in [-0.15, -0.1) is 0 Å². The second kappa shape index (κ2) is 7.48. The Bertz CT molecular complexity index is 1090. The van der Waals surface area contributed by atoms with E-state index in [1.807, 2.05) is 36.4 Å². The predicted molar refractivity (Wildman–Crippen MR) is 101 cm³/mol. The molecule has 0 aliphatic heterocycles. The molecule has 0 saturated heterocycles. The van der Waals surface area contributed by atoms with Crippen LogP contribution in [0.4, 0.5) is 4.39 Å². The van der Waals surface area contributed by atoms with Gasteiger partial charge in [-0.2, -0.15) is 4.98 Å². The third-order valence-electron chi connectivity index (χ3n) is 4.20. The van der Waals surface area contributed by atoms with Crippen molar-refractivity contribution >= 4 is 0 Å². The van der Waals surface area contributed by atoms with Gasteiger partial charge in [0.2, 0.25) is 11.7 Å². The maximum Gasteiger partial charge on any atom is 0.258 e. The van der Waals surface area contributed by atoms with Gasteiger partial charge in [-0.3, -0.25) is 0 Å². The monoisotopic (exact) mass is 377 g/mol. The molecule has 2 aromatic heterocycles. The molecule has 0 N–H and O–H groups in total. The normalized spacial score (nSPS) is 10.7. The molecule has 0 saturated carbocycles. The minimum Gasteiger partial charge on any atom is -0.497 e. The van der Waals surface area contributed by atoms with Gasteiger partial charge in [-0.1, -0.05) is 5.16 Å². The van der Waals surface area contributed by atoms with Gasteiger partial charge < -0.3 is 14.0 Å². The standard InChI is InChI=1S/C21H16FN3O3/c1-26-16-9-5-13(6-10-16)18-12-11-17(21(23-18)27-2)19-24-20(28-25-19)14-3-7-15(22)8-4-14/h3-12H,1-2H3. The summed E-state index contributed by atoms with van der Waals surface area (Å²) in [6.45, 7) is 0. The fourth-order valence-corrected chi connectivity index (χ4v) is 2.73. The van der Waals surface area contributed by atoms with E-state index in [1.165, 1.54) is 19.2 Å². The van der Waals surface area contributed by atoms with E-state index in [2.05, 4.69) is 15.1 Å². The lowest BCUT2D eigenvalue weighted by atomic mass is 10.1. The number of pyridine rings is 1. The predicted octanol–water partition coefficient (Wildman–Crippen LogP) is 4.62. The maximum absolute atomic E-state index is 13.1. The van der Waals surface area contributed by atoms with E-state index in [0.29, 0.717) is 22.8 Å². The molecule has 6 nitrogen and oxygen atoms in total. The Morgan fingerprint density at radius 2 is 1.50 bits per heavy atom. The Morgan fingerprint density at radius 3 is 2.18 bits per heavy atom. The highest BCUT2D eigenvalue weighted by Gasteiger charge is 2.17. The SMILES string of the molecule is COc1ccc(-c2ccc(-c3noc(-c4ccc(F)cc4)n3)c(OC)n2)cc1. The molecule has 4 rings (SSSR count). The Balaban J connectivity index is 1.67. The lowest BCUT2D eigenvalue weighted by Crippen LogP contribution is -1.95. The van der Waals surface area contributed by atoms with Gasteiger partial charge in [0.15, 0.2) is 0 Å². The van der Waals surface area contributed by atoms with Crippen molar-refractivity contribution in [3.63, 3.8) is 0 Å². The van der Waals surface area contributed by atoms with Crippen LogP contribution in [0.3, 0.4) is 0 Å². The van der Waals surface area contributed by atoms with Crippen LogP contribution in [0.2, 0.25) is 0 Å². The first kappa shape index (κ1) is 17.7. The lowest BCUT2D eigenvalue weighted by Gasteiger charge is -2.08. The molecule has 0 aliphatic carbocycles. The second-order valence-electron chi connectivity index (χ2n) is 5.91. The minimum absolute atomic E-state index is 0.288. The number of nitrogens with zero attached hydrogens (tertiary/aromatic N) is 3. The lowest BCUT2D eigenvalue weighted by molar-refractivity contribution is 0.398. The van der Waals surface area contributed by atoms with Crippen LogP contribution >= 0.6 is 0 Å². The van der Waals surface area contributed by atoms with Crippen LogP contribution in [0.25, 0.3) is 34.1 Å². The summed E-state index contributed by atoms with van der Waals surface area (Å²) in [4.78, 5) is 8.93. The zero-order valence-electron chi connectivity index (χ0n) is 15.2. The highest BCUT2D eigenvalue weighted by atomic mass is 19.1. The van der Waals surface area contributed by atoms with Gasteiger partial charge in [0.25, 0.3) is 5.89 Å². The Hall–Kier alpha value is -3.74. The molecule has 140 valence electrons. The molecule has 0 amide bonds. The summed E-state index contributed by atoms with van der Waals surface area (Å²) in [7, 11) is 3.15. The van der Waals surface area contributed by atoms with Crippen LogP contribution in [0.15, 0.2) is 65.2 Å². The van der Waals surface area contributed by atoms with Crippen LogP contribution < -0.4 is 9.47 Å². The Morgan fingerprint density at radius 1 is 0.786 bits per heavy atom. The third-order valence-corrected chi connectivity index (χ3v) is 4.20. The average molecular weight is 377 g/mol. The first-order valence-electron chi connectivity index (χ1n) is 8.47. The molecule has 0 bridgehead atoms. The van der Waals surface area contributed by atoms with Gasteiger partial charge in [0, 0.05) is 11.1 Å². The second-order valence-corrected chi connectivity index (χ2v) is 5.91. The van der Waals surface area contributed by atoms with Crippen LogP contribution in [0, 0.1) is 5.82 Å². The number of halogens is 1. The Kier molecular flexibility index (Phi) is 4.72. The third kappa shape index (κ3) is 3.42. The van der Waals surface area contributed by atoms with Gasteiger partial charge in [-0.05, 0) is 60.7 Å². The average Bonchev–Trinajstić information content (AvgIpc) is 3.24. The number of ether oxygens (including phenoxy) is 2. The summed E-state index contributed by atoms with van der Waals surface area (Å²) in [5.74, 6) is 1.44. The van der Waals surface area contributed by atoms with E-state index >= 15 is 0 Å². The molecule has 4 aromatic rings. The fourth-order valence-electron chi connectivity index (χ4n) is 2.73. The molecular weight excluding hydrogens is 361 g/mol.